The first kappa shape index (κ1) is 14.1. The lowest BCUT2D eigenvalue weighted by Crippen LogP contribution is -2.35. The van der Waals surface area contributed by atoms with Gasteiger partial charge in [0.05, 0.1) is 0 Å². The van der Waals surface area contributed by atoms with Gasteiger partial charge < -0.3 is 5.73 Å². The van der Waals surface area contributed by atoms with Crippen molar-refractivity contribution in [3.63, 3.8) is 0 Å². The Kier molecular flexibility index (Phi) is 5.02. The summed E-state index contributed by atoms with van der Waals surface area (Å²) in [6.07, 6.45) is -2.43. The molecule has 0 bridgehead atoms. The van der Waals surface area contributed by atoms with Crippen LogP contribution in [-0.4, -0.2) is 24.5 Å². The third kappa shape index (κ3) is 3.48. The third-order valence-corrected chi connectivity index (χ3v) is 3.08. The SMILES string of the molecule is CC(C)N(C)C(CN)c1cccc(C(F)F)c1. The van der Waals surface area contributed by atoms with Gasteiger partial charge in [-0.3, -0.25) is 4.90 Å². The Hall–Kier alpha value is -1.00. The van der Waals surface area contributed by atoms with Gasteiger partial charge in [-0.2, -0.15) is 0 Å². The fraction of sp³-hybridized carbons (Fsp3) is 0.538. The number of halogens is 2. The molecule has 0 spiro atoms. The molecule has 0 saturated carbocycles. The zero-order valence-electron chi connectivity index (χ0n) is 10.5. The second-order valence-electron chi connectivity index (χ2n) is 4.48. The second-order valence-corrected chi connectivity index (χ2v) is 4.48. The number of rotatable bonds is 5. The molecule has 2 N–H and O–H groups in total. The highest BCUT2D eigenvalue weighted by atomic mass is 19.3. The Morgan fingerprint density at radius 1 is 1.24 bits per heavy atom. The minimum Gasteiger partial charge on any atom is -0.329 e. The molecule has 2 nitrogen and oxygen atoms in total. The van der Waals surface area contributed by atoms with Gasteiger partial charge >= 0.3 is 0 Å². The number of hydrogen-bond donors (Lipinski definition) is 1. The first-order valence-corrected chi connectivity index (χ1v) is 5.77. The van der Waals surface area contributed by atoms with Crippen LogP contribution in [0, 0.1) is 0 Å². The number of likely N-dealkylation sites (N-methyl/N-ethyl adjacent to an activating group) is 1. The van der Waals surface area contributed by atoms with Gasteiger partial charge in [0.1, 0.15) is 0 Å². The predicted molar refractivity (Wildman–Crippen MR) is 66.1 cm³/mol. The molecule has 0 aliphatic carbocycles. The molecule has 17 heavy (non-hydrogen) atoms. The molecule has 0 aromatic heterocycles. The summed E-state index contributed by atoms with van der Waals surface area (Å²) >= 11 is 0. The fourth-order valence-electron chi connectivity index (χ4n) is 1.80. The summed E-state index contributed by atoms with van der Waals surface area (Å²) in [5.41, 5.74) is 6.64. The summed E-state index contributed by atoms with van der Waals surface area (Å²) in [4.78, 5) is 2.09. The smallest absolute Gasteiger partial charge is 0.263 e. The lowest BCUT2D eigenvalue weighted by Gasteiger charge is -2.31. The van der Waals surface area contributed by atoms with Crippen molar-refractivity contribution < 1.29 is 8.78 Å². The lowest BCUT2D eigenvalue weighted by molar-refractivity contribution is 0.150. The van der Waals surface area contributed by atoms with Crippen LogP contribution in [-0.2, 0) is 0 Å². The van der Waals surface area contributed by atoms with Gasteiger partial charge in [0, 0.05) is 24.2 Å². The standard InChI is InChI=1S/C13H20F2N2/c1-9(2)17(3)12(8-16)10-5-4-6-11(7-10)13(14)15/h4-7,9,12-13H,8,16H2,1-3H3. The maximum atomic E-state index is 12.6. The largest absolute Gasteiger partial charge is 0.329 e. The first-order valence-electron chi connectivity index (χ1n) is 5.77. The Balaban J connectivity index is 2.99. The fourth-order valence-corrected chi connectivity index (χ4v) is 1.80. The number of benzene rings is 1. The summed E-state index contributed by atoms with van der Waals surface area (Å²) < 4.78 is 25.3. The molecule has 1 aromatic carbocycles. The molecule has 0 heterocycles. The maximum Gasteiger partial charge on any atom is 0.263 e. The van der Waals surface area contributed by atoms with E-state index in [1.807, 2.05) is 13.1 Å². The highest BCUT2D eigenvalue weighted by molar-refractivity contribution is 5.27. The second kappa shape index (κ2) is 6.07. The minimum atomic E-state index is -2.43. The Morgan fingerprint density at radius 2 is 1.82 bits per heavy atom. The van der Waals surface area contributed by atoms with Crippen LogP contribution in [0.1, 0.15) is 37.4 Å². The molecular weight excluding hydrogens is 222 g/mol. The van der Waals surface area contributed by atoms with E-state index in [4.69, 9.17) is 5.73 Å². The van der Waals surface area contributed by atoms with Crippen molar-refractivity contribution in [3.8, 4) is 0 Å². The topological polar surface area (TPSA) is 29.3 Å². The number of alkyl halides is 2. The van der Waals surface area contributed by atoms with Gasteiger partial charge in [0.2, 0.25) is 0 Å². The molecule has 0 fully saturated rings. The van der Waals surface area contributed by atoms with Crippen LogP contribution in [0.5, 0.6) is 0 Å². The van der Waals surface area contributed by atoms with Gasteiger partial charge in [-0.15, -0.1) is 0 Å². The van der Waals surface area contributed by atoms with E-state index in [1.54, 1.807) is 12.1 Å². The summed E-state index contributed by atoms with van der Waals surface area (Å²) in [6, 6.07) is 6.79. The van der Waals surface area contributed by atoms with Crippen LogP contribution in [0.25, 0.3) is 0 Å². The van der Waals surface area contributed by atoms with E-state index < -0.39 is 6.43 Å². The van der Waals surface area contributed by atoms with Crippen molar-refractivity contribution in [2.24, 2.45) is 5.73 Å². The molecule has 0 aliphatic rings. The van der Waals surface area contributed by atoms with Crippen LogP contribution in [0.3, 0.4) is 0 Å². The van der Waals surface area contributed by atoms with E-state index in [0.29, 0.717) is 12.6 Å². The van der Waals surface area contributed by atoms with Gasteiger partial charge in [-0.05, 0) is 32.5 Å². The van der Waals surface area contributed by atoms with E-state index in [9.17, 15) is 8.78 Å². The maximum absolute atomic E-state index is 12.6. The van der Waals surface area contributed by atoms with Crippen molar-refractivity contribution in [1.29, 1.82) is 0 Å². The van der Waals surface area contributed by atoms with Crippen molar-refractivity contribution >= 4 is 0 Å². The summed E-state index contributed by atoms with van der Waals surface area (Å²) in [5.74, 6) is 0. The molecule has 1 atom stereocenters. The normalized spacial score (nSPS) is 13.7. The molecular formula is C13H20F2N2. The predicted octanol–water partition coefficient (Wildman–Crippen LogP) is 2.96. The minimum absolute atomic E-state index is 0.0197. The van der Waals surface area contributed by atoms with Crippen molar-refractivity contribution in [2.45, 2.75) is 32.4 Å². The summed E-state index contributed by atoms with van der Waals surface area (Å²) in [5, 5.41) is 0. The lowest BCUT2D eigenvalue weighted by atomic mass is 10.0. The van der Waals surface area contributed by atoms with Crippen LogP contribution in [0.2, 0.25) is 0 Å². The van der Waals surface area contributed by atoms with Crippen LogP contribution in [0.15, 0.2) is 24.3 Å². The van der Waals surface area contributed by atoms with E-state index >= 15 is 0 Å². The average Bonchev–Trinajstić information content (AvgIpc) is 2.30. The molecule has 4 heteroatoms. The van der Waals surface area contributed by atoms with Crippen LogP contribution in [0.4, 0.5) is 8.78 Å². The number of nitrogens with two attached hydrogens (primary N) is 1. The third-order valence-electron chi connectivity index (χ3n) is 3.08. The van der Waals surface area contributed by atoms with E-state index in [1.165, 1.54) is 6.07 Å². The number of nitrogens with zero attached hydrogens (tertiary/aromatic N) is 1. The first-order chi connectivity index (χ1) is 7.97. The van der Waals surface area contributed by atoms with Crippen LogP contribution < -0.4 is 5.73 Å². The van der Waals surface area contributed by atoms with Crippen LogP contribution >= 0.6 is 0 Å². The molecule has 0 radical (unpaired) electrons. The Labute approximate surface area is 101 Å². The zero-order valence-corrected chi connectivity index (χ0v) is 10.5. The zero-order chi connectivity index (χ0) is 13.0. The quantitative estimate of drug-likeness (QED) is 0.860. The Morgan fingerprint density at radius 3 is 2.29 bits per heavy atom. The number of hydrogen-bond acceptors (Lipinski definition) is 2. The highest BCUT2D eigenvalue weighted by Crippen LogP contribution is 2.25. The summed E-state index contributed by atoms with van der Waals surface area (Å²) in [7, 11) is 1.96. The van der Waals surface area contributed by atoms with Crippen molar-refractivity contribution in [2.75, 3.05) is 13.6 Å². The summed E-state index contributed by atoms with van der Waals surface area (Å²) in [6.45, 7) is 4.53. The van der Waals surface area contributed by atoms with E-state index in [0.717, 1.165) is 5.56 Å². The molecule has 0 amide bonds. The molecule has 1 aromatic rings. The highest BCUT2D eigenvalue weighted by Gasteiger charge is 2.19. The van der Waals surface area contributed by atoms with Gasteiger partial charge in [-0.25, -0.2) is 8.78 Å². The molecule has 0 saturated heterocycles. The molecule has 1 unspecified atom stereocenters. The van der Waals surface area contributed by atoms with Gasteiger partial charge in [0.25, 0.3) is 6.43 Å². The molecule has 0 aliphatic heterocycles. The van der Waals surface area contributed by atoms with Crippen molar-refractivity contribution in [3.05, 3.63) is 35.4 Å². The monoisotopic (exact) mass is 242 g/mol. The molecule has 96 valence electrons. The molecule has 1 rings (SSSR count). The van der Waals surface area contributed by atoms with E-state index in [-0.39, 0.29) is 11.6 Å². The van der Waals surface area contributed by atoms with Gasteiger partial charge in [-0.1, -0.05) is 18.2 Å². The van der Waals surface area contributed by atoms with E-state index in [2.05, 4.69) is 18.7 Å². The van der Waals surface area contributed by atoms with Crippen molar-refractivity contribution in [1.82, 2.24) is 4.90 Å². The average molecular weight is 242 g/mol. The van der Waals surface area contributed by atoms with Gasteiger partial charge in [0.15, 0.2) is 0 Å². The Bertz CT molecular complexity index is 353.